The van der Waals surface area contributed by atoms with Crippen LogP contribution in [0.2, 0.25) is 0 Å². The van der Waals surface area contributed by atoms with E-state index in [9.17, 15) is 13.2 Å². The van der Waals surface area contributed by atoms with Crippen molar-refractivity contribution < 1.29 is 17.9 Å². The van der Waals surface area contributed by atoms with Crippen LogP contribution in [0.5, 0.6) is 0 Å². The highest BCUT2D eigenvalue weighted by Gasteiger charge is 2.60. The highest BCUT2D eigenvalue weighted by atomic mass is 19.4. The smallest absolute Gasteiger partial charge is 0.372 e. The van der Waals surface area contributed by atoms with E-state index in [-0.39, 0.29) is 13.2 Å². The number of benzene rings is 2. The van der Waals surface area contributed by atoms with E-state index in [1.165, 1.54) is 6.92 Å². The van der Waals surface area contributed by atoms with Crippen molar-refractivity contribution >= 4 is 11.6 Å². The minimum atomic E-state index is -4.38. The number of fused-ring (bicyclic) bond motifs is 2. The van der Waals surface area contributed by atoms with Crippen LogP contribution >= 0.6 is 0 Å². The molecule has 1 heterocycles. The number of halogens is 3. The summed E-state index contributed by atoms with van der Waals surface area (Å²) in [7, 11) is 0. The Labute approximate surface area is 144 Å². The molecule has 2 aliphatic rings. The third-order valence-electron chi connectivity index (χ3n) is 5.13. The molecule has 0 fully saturated rings. The zero-order valence-corrected chi connectivity index (χ0v) is 13.7. The van der Waals surface area contributed by atoms with Gasteiger partial charge in [-0.15, -0.1) is 0 Å². The monoisotopic (exact) mass is 342 g/mol. The van der Waals surface area contributed by atoms with Gasteiger partial charge in [0, 0.05) is 0 Å². The third-order valence-corrected chi connectivity index (χ3v) is 5.13. The second-order valence-corrected chi connectivity index (χ2v) is 6.59. The Hall–Kier alpha value is -2.33. The molecule has 0 N–H and O–H groups in total. The van der Waals surface area contributed by atoms with Crippen LogP contribution in [0.3, 0.4) is 0 Å². The largest absolute Gasteiger partial charge is 0.402 e. The van der Waals surface area contributed by atoms with Crippen molar-refractivity contribution in [3.05, 3.63) is 82.4 Å². The maximum atomic E-state index is 14.2. The summed E-state index contributed by atoms with van der Waals surface area (Å²) in [6, 6.07) is 16.2. The van der Waals surface area contributed by atoms with Crippen LogP contribution in [0.15, 0.2) is 65.7 Å². The fourth-order valence-corrected chi connectivity index (χ4v) is 3.91. The Kier molecular flexibility index (Phi) is 3.62. The van der Waals surface area contributed by atoms with Gasteiger partial charge in [-0.25, -0.2) is 0 Å². The molecule has 1 nitrogen and oxygen atoms in total. The first-order chi connectivity index (χ1) is 11.9. The molecular weight excluding hydrogens is 325 g/mol. The van der Waals surface area contributed by atoms with Crippen LogP contribution in [0.4, 0.5) is 13.2 Å². The number of alkyl halides is 3. The van der Waals surface area contributed by atoms with Gasteiger partial charge in [-0.05, 0) is 46.4 Å². The zero-order valence-electron chi connectivity index (χ0n) is 13.7. The van der Waals surface area contributed by atoms with Crippen LogP contribution in [0.25, 0.3) is 11.6 Å². The minimum absolute atomic E-state index is 0.188. The lowest BCUT2D eigenvalue weighted by molar-refractivity contribution is -0.173. The van der Waals surface area contributed by atoms with Crippen molar-refractivity contribution in [1.82, 2.24) is 0 Å². The quantitative estimate of drug-likeness (QED) is 0.675. The molecule has 2 aromatic rings. The summed E-state index contributed by atoms with van der Waals surface area (Å²) in [6.45, 7) is 1.69. The van der Waals surface area contributed by atoms with Gasteiger partial charge in [0.1, 0.15) is 5.41 Å². The molecule has 0 radical (unpaired) electrons. The second kappa shape index (κ2) is 5.60. The fraction of sp³-hybridized carbons (Fsp3) is 0.238. The molecule has 0 saturated heterocycles. The van der Waals surface area contributed by atoms with E-state index >= 15 is 0 Å². The van der Waals surface area contributed by atoms with E-state index in [4.69, 9.17) is 4.74 Å². The average Bonchev–Trinajstić information content (AvgIpc) is 2.88. The lowest BCUT2D eigenvalue weighted by Gasteiger charge is -2.34. The first kappa shape index (κ1) is 16.2. The van der Waals surface area contributed by atoms with E-state index in [1.807, 2.05) is 36.4 Å². The van der Waals surface area contributed by atoms with E-state index in [1.54, 1.807) is 24.3 Å². The minimum Gasteiger partial charge on any atom is -0.372 e. The molecule has 0 bridgehead atoms. The van der Waals surface area contributed by atoms with Crippen molar-refractivity contribution in [3.8, 4) is 0 Å². The number of hydrogen-bond acceptors (Lipinski definition) is 1. The number of hydrogen-bond donors (Lipinski definition) is 0. The zero-order chi connectivity index (χ0) is 17.7. The molecule has 1 unspecified atom stereocenters. The van der Waals surface area contributed by atoms with Crippen molar-refractivity contribution in [3.63, 3.8) is 0 Å². The highest BCUT2D eigenvalue weighted by molar-refractivity contribution is 5.87. The predicted molar refractivity (Wildman–Crippen MR) is 92.0 cm³/mol. The number of rotatable bonds is 1. The first-order valence-corrected chi connectivity index (χ1v) is 8.17. The Morgan fingerprint density at radius 1 is 0.960 bits per heavy atom. The van der Waals surface area contributed by atoms with E-state index in [0.29, 0.717) is 27.8 Å². The lowest BCUT2D eigenvalue weighted by atomic mass is 9.75. The lowest BCUT2D eigenvalue weighted by Crippen LogP contribution is -2.41. The van der Waals surface area contributed by atoms with Gasteiger partial charge in [0.05, 0.1) is 13.2 Å². The van der Waals surface area contributed by atoms with Gasteiger partial charge >= 0.3 is 6.18 Å². The van der Waals surface area contributed by atoms with Crippen LogP contribution in [-0.4, -0.2) is 19.4 Å². The summed E-state index contributed by atoms with van der Waals surface area (Å²) in [4.78, 5) is 0. The second-order valence-electron chi connectivity index (χ2n) is 6.59. The summed E-state index contributed by atoms with van der Waals surface area (Å²) in [5, 5.41) is 0. The normalized spacial score (nSPS) is 24.4. The molecule has 2 aromatic carbocycles. The van der Waals surface area contributed by atoms with Gasteiger partial charge in [-0.2, -0.15) is 13.2 Å². The standard InChI is InChI=1S/C21H17F3O/c1-20(21(22,23)24)18-10-6-5-9-16(18)17-13-25-12-15(19(17)20)11-14-7-3-2-4-8-14/h2-11H,12-13H2,1H3/b15-11+. The maximum absolute atomic E-state index is 14.2. The molecule has 1 atom stereocenters. The molecule has 4 heteroatoms. The van der Waals surface area contributed by atoms with Gasteiger partial charge in [-0.1, -0.05) is 54.6 Å². The Morgan fingerprint density at radius 3 is 2.36 bits per heavy atom. The van der Waals surface area contributed by atoms with Crippen molar-refractivity contribution in [2.75, 3.05) is 13.2 Å². The summed E-state index contributed by atoms with van der Waals surface area (Å²) in [5.41, 5.74) is 1.44. The van der Waals surface area contributed by atoms with Crippen molar-refractivity contribution in [1.29, 1.82) is 0 Å². The molecule has 0 aromatic heterocycles. The summed E-state index contributed by atoms with van der Waals surface area (Å²) >= 11 is 0. The average molecular weight is 342 g/mol. The van der Waals surface area contributed by atoms with Crippen LogP contribution in [0.1, 0.15) is 23.6 Å². The topological polar surface area (TPSA) is 9.23 Å². The first-order valence-electron chi connectivity index (χ1n) is 8.17. The highest BCUT2D eigenvalue weighted by Crippen LogP contribution is 2.58. The molecule has 1 aliphatic carbocycles. The van der Waals surface area contributed by atoms with Crippen LogP contribution in [0, 0.1) is 0 Å². The summed E-state index contributed by atoms with van der Waals surface area (Å²) in [5.74, 6) is 0. The molecule has 0 spiro atoms. The van der Waals surface area contributed by atoms with Crippen LogP contribution in [-0.2, 0) is 10.2 Å². The van der Waals surface area contributed by atoms with Gasteiger partial charge in [0.15, 0.2) is 0 Å². The van der Waals surface area contributed by atoms with Gasteiger partial charge in [0.2, 0.25) is 0 Å². The van der Waals surface area contributed by atoms with Crippen molar-refractivity contribution in [2.45, 2.75) is 18.5 Å². The predicted octanol–water partition coefficient (Wildman–Crippen LogP) is 5.39. The van der Waals surface area contributed by atoms with Gasteiger partial charge < -0.3 is 4.74 Å². The SMILES string of the molecule is CC1(C(F)(F)F)C2=C(COC/C2=C\c2ccccc2)c2ccccc21. The summed E-state index contributed by atoms with van der Waals surface area (Å²) < 4.78 is 48.3. The van der Waals surface area contributed by atoms with E-state index < -0.39 is 11.6 Å². The molecule has 4 rings (SSSR count). The van der Waals surface area contributed by atoms with E-state index in [0.717, 1.165) is 5.56 Å². The Balaban J connectivity index is 1.96. The maximum Gasteiger partial charge on any atom is 0.402 e. The number of ether oxygens (including phenoxy) is 1. The molecule has 0 amide bonds. The molecule has 0 saturated carbocycles. The molecule has 1 aliphatic heterocycles. The third kappa shape index (κ3) is 2.35. The van der Waals surface area contributed by atoms with Gasteiger partial charge in [0.25, 0.3) is 0 Å². The summed E-state index contributed by atoms with van der Waals surface area (Å²) in [6.07, 6.45) is -2.57. The van der Waals surface area contributed by atoms with Gasteiger partial charge in [-0.3, -0.25) is 0 Å². The van der Waals surface area contributed by atoms with E-state index in [2.05, 4.69) is 0 Å². The fourth-order valence-electron chi connectivity index (χ4n) is 3.91. The van der Waals surface area contributed by atoms with Crippen LogP contribution < -0.4 is 0 Å². The molecule has 128 valence electrons. The molecular formula is C21H17F3O. The molecule has 25 heavy (non-hydrogen) atoms. The van der Waals surface area contributed by atoms with Crippen molar-refractivity contribution in [2.24, 2.45) is 0 Å². The Bertz CT molecular complexity index is 878. The Morgan fingerprint density at radius 2 is 1.64 bits per heavy atom.